The minimum Gasteiger partial charge on any atom is -0.243 e. The molecule has 0 spiro atoms. The van der Waals surface area contributed by atoms with Crippen LogP contribution in [0.25, 0.3) is 11.0 Å². The molecule has 0 atom stereocenters. The minimum absolute atomic E-state index is 0.753. The Balaban J connectivity index is 1.98. The van der Waals surface area contributed by atoms with Crippen LogP contribution in [0, 0.1) is 18.8 Å². The number of nitrogens with zero attached hydrogens (tertiary/aromatic N) is 2. The first-order valence-electron chi connectivity index (χ1n) is 5.94. The summed E-state index contributed by atoms with van der Waals surface area (Å²) in [4.78, 5) is 4.30. The lowest BCUT2D eigenvalue weighted by Gasteiger charge is -1.94. The zero-order valence-corrected chi connectivity index (χ0v) is 11.1. The van der Waals surface area contributed by atoms with E-state index in [1.807, 2.05) is 24.3 Å². The Bertz CT molecular complexity index is 806. The molecule has 0 unspecified atom stereocenters. The third-order valence-corrected chi connectivity index (χ3v) is 3.12. The van der Waals surface area contributed by atoms with E-state index in [0.29, 0.717) is 0 Å². The van der Waals surface area contributed by atoms with Crippen molar-refractivity contribution in [3.63, 3.8) is 0 Å². The van der Waals surface area contributed by atoms with Gasteiger partial charge >= 0.3 is 0 Å². The van der Waals surface area contributed by atoms with Crippen molar-refractivity contribution in [1.29, 1.82) is 0 Å². The topological polar surface area (TPSA) is 17.8 Å². The molecule has 0 saturated heterocycles. The number of pyridine rings is 1. The number of benzene rings is 1. The molecule has 2 heterocycles. The predicted octanol–water partition coefficient (Wildman–Crippen LogP) is 3.75. The lowest BCUT2D eigenvalue weighted by molar-refractivity contribution is 1.24. The Morgan fingerprint density at radius 1 is 1.11 bits per heavy atom. The summed E-state index contributed by atoms with van der Waals surface area (Å²) >= 11 is 5.93. The van der Waals surface area contributed by atoms with Gasteiger partial charge in [0.05, 0.1) is 0 Å². The van der Waals surface area contributed by atoms with E-state index in [1.54, 1.807) is 12.4 Å². The molecule has 0 bridgehead atoms. The monoisotopic (exact) mass is 266 g/mol. The molecule has 0 aliphatic heterocycles. The van der Waals surface area contributed by atoms with Gasteiger partial charge in [0.15, 0.2) is 5.65 Å². The molecular formula is C16H11ClN2. The molecule has 0 saturated carbocycles. The van der Waals surface area contributed by atoms with E-state index in [0.717, 1.165) is 22.2 Å². The van der Waals surface area contributed by atoms with Gasteiger partial charge in [-0.25, -0.2) is 9.07 Å². The lowest BCUT2D eigenvalue weighted by atomic mass is 10.1. The third kappa shape index (κ3) is 2.47. The van der Waals surface area contributed by atoms with Crippen LogP contribution in [0.5, 0.6) is 0 Å². The van der Waals surface area contributed by atoms with Gasteiger partial charge in [-0.15, -0.1) is 0 Å². The quantitative estimate of drug-likeness (QED) is 0.567. The Kier molecular flexibility index (Phi) is 2.98. The number of halogens is 1. The van der Waals surface area contributed by atoms with Gasteiger partial charge in [-0.1, -0.05) is 24.0 Å². The van der Waals surface area contributed by atoms with Crippen molar-refractivity contribution in [2.24, 2.45) is 0 Å². The first-order chi connectivity index (χ1) is 9.22. The van der Waals surface area contributed by atoms with Crippen LogP contribution in [-0.4, -0.2) is 9.07 Å². The number of fused-ring (bicyclic) bond motifs is 1. The molecular weight excluding hydrogens is 256 g/mol. The van der Waals surface area contributed by atoms with E-state index >= 15 is 0 Å². The standard InChI is InChI=1S/C16H11ClN2/c1-12-3-2-4-13(9-12)5-6-14-10-15-7-8-19(17)16(15)18-11-14/h2-4,7-11H,1H3. The predicted molar refractivity (Wildman–Crippen MR) is 78.1 cm³/mol. The van der Waals surface area contributed by atoms with E-state index in [2.05, 4.69) is 35.9 Å². The van der Waals surface area contributed by atoms with Gasteiger partial charge in [-0.2, -0.15) is 0 Å². The summed E-state index contributed by atoms with van der Waals surface area (Å²) in [5.74, 6) is 6.27. The van der Waals surface area contributed by atoms with Crippen LogP contribution >= 0.6 is 11.8 Å². The van der Waals surface area contributed by atoms with Crippen LogP contribution < -0.4 is 0 Å². The van der Waals surface area contributed by atoms with E-state index in [4.69, 9.17) is 11.8 Å². The molecule has 3 heteroatoms. The highest BCUT2D eigenvalue weighted by atomic mass is 35.5. The third-order valence-electron chi connectivity index (χ3n) is 2.85. The summed E-state index contributed by atoms with van der Waals surface area (Å²) in [7, 11) is 0. The van der Waals surface area contributed by atoms with Crippen LogP contribution in [0.15, 0.2) is 48.8 Å². The van der Waals surface area contributed by atoms with Crippen molar-refractivity contribution in [3.8, 4) is 11.8 Å². The molecule has 0 aliphatic carbocycles. The van der Waals surface area contributed by atoms with Crippen LogP contribution in [0.4, 0.5) is 0 Å². The molecule has 19 heavy (non-hydrogen) atoms. The van der Waals surface area contributed by atoms with Gasteiger partial charge in [0.2, 0.25) is 0 Å². The average molecular weight is 267 g/mol. The van der Waals surface area contributed by atoms with E-state index in [9.17, 15) is 0 Å². The first-order valence-corrected chi connectivity index (χ1v) is 6.28. The fourth-order valence-corrected chi connectivity index (χ4v) is 2.13. The second-order valence-corrected chi connectivity index (χ2v) is 4.75. The molecule has 2 nitrogen and oxygen atoms in total. The van der Waals surface area contributed by atoms with Gasteiger partial charge in [-0.3, -0.25) is 0 Å². The van der Waals surface area contributed by atoms with Gasteiger partial charge < -0.3 is 0 Å². The molecule has 0 N–H and O–H groups in total. The second kappa shape index (κ2) is 4.79. The average Bonchev–Trinajstić information content (AvgIpc) is 2.78. The molecule has 0 amide bonds. The van der Waals surface area contributed by atoms with Crippen molar-refractivity contribution in [3.05, 3.63) is 65.5 Å². The summed E-state index contributed by atoms with van der Waals surface area (Å²) in [6, 6.07) is 12.0. The molecule has 0 fully saturated rings. The Hall–Kier alpha value is -2.24. The summed E-state index contributed by atoms with van der Waals surface area (Å²) in [6.07, 6.45) is 3.51. The largest absolute Gasteiger partial charge is 0.243 e. The van der Waals surface area contributed by atoms with Crippen molar-refractivity contribution < 1.29 is 0 Å². The maximum absolute atomic E-state index is 5.93. The maximum atomic E-state index is 5.93. The molecule has 2 aromatic heterocycles. The second-order valence-electron chi connectivity index (χ2n) is 4.38. The van der Waals surface area contributed by atoms with Gasteiger partial charge in [0, 0.05) is 40.7 Å². The number of hydrogen-bond donors (Lipinski definition) is 0. The van der Waals surface area contributed by atoms with Crippen molar-refractivity contribution in [2.45, 2.75) is 6.92 Å². The Labute approximate surface area is 116 Å². The van der Waals surface area contributed by atoms with Crippen molar-refractivity contribution in [2.75, 3.05) is 0 Å². The number of rotatable bonds is 0. The minimum atomic E-state index is 0.753. The Morgan fingerprint density at radius 2 is 1.95 bits per heavy atom. The van der Waals surface area contributed by atoms with Crippen LogP contribution in [0.3, 0.4) is 0 Å². The zero-order chi connectivity index (χ0) is 13.2. The van der Waals surface area contributed by atoms with Crippen molar-refractivity contribution >= 4 is 22.8 Å². The zero-order valence-electron chi connectivity index (χ0n) is 10.4. The summed E-state index contributed by atoms with van der Waals surface area (Å²) in [6.45, 7) is 2.06. The highest BCUT2D eigenvalue weighted by Gasteiger charge is 2.00. The van der Waals surface area contributed by atoms with E-state index < -0.39 is 0 Å². The SMILES string of the molecule is Cc1cccc(C#Cc2cnc3c(ccn3Cl)c2)c1. The smallest absolute Gasteiger partial charge is 0.154 e. The van der Waals surface area contributed by atoms with Crippen LogP contribution in [-0.2, 0) is 0 Å². The fourth-order valence-electron chi connectivity index (χ4n) is 1.93. The molecule has 3 aromatic rings. The maximum Gasteiger partial charge on any atom is 0.154 e. The van der Waals surface area contributed by atoms with Gasteiger partial charge in [-0.05, 0) is 36.8 Å². The van der Waals surface area contributed by atoms with E-state index in [-0.39, 0.29) is 0 Å². The number of hydrogen-bond acceptors (Lipinski definition) is 1. The molecule has 1 aromatic carbocycles. The van der Waals surface area contributed by atoms with Gasteiger partial charge in [0.1, 0.15) is 0 Å². The molecule has 0 aliphatic rings. The highest BCUT2D eigenvalue weighted by molar-refractivity contribution is 6.18. The molecule has 92 valence electrons. The molecule has 0 radical (unpaired) electrons. The summed E-state index contributed by atoms with van der Waals surface area (Å²) in [5.41, 5.74) is 3.86. The van der Waals surface area contributed by atoms with Crippen LogP contribution in [0.2, 0.25) is 0 Å². The normalized spacial score (nSPS) is 10.2. The van der Waals surface area contributed by atoms with Crippen molar-refractivity contribution in [1.82, 2.24) is 9.07 Å². The summed E-state index contributed by atoms with van der Waals surface area (Å²) < 4.78 is 1.48. The molecule has 3 rings (SSSR count). The lowest BCUT2D eigenvalue weighted by Crippen LogP contribution is -1.84. The van der Waals surface area contributed by atoms with E-state index in [1.165, 1.54) is 9.65 Å². The first kappa shape index (κ1) is 11.8. The Morgan fingerprint density at radius 3 is 2.79 bits per heavy atom. The van der Waals surface area contributed by atoms with Gasteiger partial charge in [0.25, 0.3) is 0 Å². The number of aryl methyl sites for hydroxylation is 1. The van der Waals surface area contributed by atoms with Crippen LogP contribution in [0.1, 0.15) is 16.7 Å². The fraction of sp³-hybridized carbons (Fsp3) is 0.0625. The highest BCUT2D eigenvalue weighted by Crippen LogP contribution is 2.15. The summed E-state index contributed by atoms with van der Waals surface area (Å²) in [5, 5.41) is 0.992. The number of aromatic nitrogens is 2.